The number of nitrogens with one attached hydrogen (secondary N) is 1. The second kappa shape index (κ2) is 3.18. The van der Waals surface area contributed by atoms with Gasteiger partial charge in [0.2, 0.25) is 0 Å². The third kappa shape index (κ3) is 1.55. The first kappa shape index (κ1) is 8.26. The standard InChI is InChI=1S/C10H9NOS/c1-7-5-8(10(12)11-6-7)9-3-2-4-13-9/h2-6H,1H3,(H,11,12). The Morgan fingerprint density at radius 3 is 3.00 bits per heavy atom. The minimum absolute atomic E-state index is 0.0203. The Bertz CT molecular complexity index is 456. The van der Waals surface area contributed by atoms with Gasteiger partial charge in [-0.25, -0.2) is 0 Å². The van der Waals surface area contributed by atoms with Crippen molar-refractivity contribution in [3.8, 4) is 10.4 Å². The number of hydrogen-bond donors (Lipinski definition) is 1. The van der Waals surface area contributed by atoms with E-state index < -0.39 is 0 Å². The normalized spacial score (nSPS) is 10.2. The number of hydrogen-bond acceptors (Lipinski definition) is 2. The largest absolute Gasteiger partial charge is 0.328 e. The molecule has 0 radical (unpaired) electrons. The average molecular weight is 191 g/mol. The minimum atomic E-state index is -0.0203. The zero-order valence-corrected chi connectivity index (χ0v) is 8.02. The molecular formula is C10H9NOS. The van der Waals surface area contributed by atoms with Crippen molar-refractivity contribution in [1.82, 2.24) is 4.98 Å². The van der Waals surface area contributed by atoms with Crippen LogP contribution in [0.3, 0.4) is 0 Å². The molecule has 2 aromatic rings. The molecule has 0 spiro atoms. The van der Waals surface area contributed by atoms with Crippen molar-refractivity contribution in [1.29, 1.82) is 0 Å². The lowest BCUT2D eigenvalue weighted by Crippen LogP contribution is -2.07. The summed E-state index contributed by atoms with van der Waals surface area (Å²) in [6, 6.07) is 5.81. The Morgan fingerprint density at radius 1 is 1.46 bits per heavy atom. The van der Waals surface area contributed by atoms with Gasteiger partial charge in [-0.05, 0) is 30.0 Å². The fourth-order valence-electron chi connectivity index (χ4n) is 1.21. The van der Waals surface area contributed by atoms with E-state index in [-0.39, 0.29) is 5.56 Å². The third-order valence-electron chi connectivity index (χ3n) is 1.83. The van der Waals surface area contributed by atoms with Crippen LogP contribution >= 0.6 is 11.3 Å². The van der Waals surface area contributed by atoms with Gasteiger partial charge in [-0.3, -0.25) is 4.79 Å². The predicted molar refractivity (Wildman–Crippen MR) is 55.1 cm³/mol. The molecule has 0 aliphatic heterocycles. The van der Waals surface area contributed by atoms with Gasteiger partial charge < -0.3 is 4.98 Å². The van der Waals surface area contributed by atoms with E-state index in [1.807, 2.05) is 30.5 Å². The lowest BCUT2D eigenvalue weighted by atomic mass is 10.2. The van der Waals surface area contributed by atoms with Gasteiger partial charge in [-0.15, -0.1) is 11.3 Å². The molecule has 0 saturated heterocycles. The highest BCUT2D eigenvalue weighted by Crippen LogP contribution is 2.21. The Labute approximate surface area is 79.9 Å². The van der Waals surface area contributed by atoms with Crippen LogP contribution in [0.4, 0.5) is 0 Å². The van der Waals surface area contributed by atoms with Crippen molar-refractivity contribution in [2.24, 2.45) is 0 Å². The van der Waals surface area contributed by atoms with E-state index in [2.05, 4.69) is 4.98 Å². The van der Waals surface area contributed by atoms with Gasteiger partial charge >= 0.3 is 0 Å². The number of H-pyrrole nitrogens is 1. The maximum Gasteiger partial charge on any atom is 0.256 e. The molecule has 13 heavy (non-hydrogen) atoms. The second-order valence-electron chi connectivity index (χ2n) is 2.90. The highest BCUT2D eigenvalue weighted by molar-refractivity contribution is 7.13. The molecule has 2 aromatic heterocycles. The molecule has 0 bridgehead atoms. The Hall–Kier alpha value is -1.35. The molecule has 0 fully saturated rings. The van der Waals surface area contributed by atoms with E-state index in [4.69, 9.17) is 0 Å². The molecule has 0 atom stereocenters. The van der Waals surface area contributed by atoms with Crippen molar-refractivity contribution in [3.05, 3.63) is 45.7 Å². The van der Waals surface area contributed by atoms with Gasteiger partial charge in [0.15, 0.2) is 0 Å². The van der Waals surface area contributed by atoms with Crippen molar-refractivity contribution in [2.75, 3.05) is 0 Å². The highest BCUT2D eigenvalue weighted by atomic mass is 32.1. The summed E-state index contributed by atoms with van der Waals surface area (Å²) in [6.07, 6.45) is 1.72. The number of aromatic nitrogens is 1. The van der Waals surface area contributed by atoms with Crippen molar-refractivity contribution in [2.45, 2.75) is 6.92 Å². The van der Waals surface area contributed by atoms with Crippen LogP contribution in [-0.2, 0) is 0 Å². The fourth-order valence-corrected chi connectivity index (χ4v) is 1.95. The van der Waals surface area contributed by atoms with Crippen LogP contribution < -0.4 is 5.56 Å². The van der Waals surface area contributed by atoms with Crippen molar-refractivity contribution < 1.29 is 0 Å². The minimum Gasteiger partial charge on any atom is -0.328 e. The maximum atomic E-state index is 11.4. The van der Waals surface area contributed by atoms with Crippen molar-refractivity contribution in [3.63, 3.8) is 0 Å². The van der Waals surface area contributed by atoms with E-state index >= 15 is 0 Å². The smallest absolute Gasteiger partial charge is 0.256 e. The molecular weight excluding hydrogens is 182 g/mol. The average Bonchev–Trinajstić information content (AvgIpc) is 2.61. The monoisotopic (exact) mass is 191 g/mol. The number of aryl methyl sites for hydroxylation is 1. The van der Waals surface area contributed by atoms with Gasteiger partial charge in [-0.1, -0.05) is 6.07 Å². The Balaban J connectivity index is 2.64. The fraction of sp³-hybridized carbons (Fsp3) is 0.100. The first-order valence-electron chi connectivity index (χ1n) is 4.00. The molecule has 0 aliphatic carbocycles. The topological polar surface area (TPSA) is 32.9 Å². The molecule has 1 N–H and O–H groups in total. The summed E-state index contributed by atoms with van der Waals surface area (Å²) >= 11 is 1.58. The van der Waals surface area contributed by atoms with Gasteiger partial charge in [0.1, 0.15) is 0 Å². The van der Waals surface area contributed by atoms with Gasteiger partial charge in [0, 0.05) is 11.1 Å². The van der Waals surface area contributed by atoms with Crippen LogP contribution in [0.5, 0.6) is 0 Å². The molecule has 2 nitrogen and oxygen atoms in total. The predicted octanol–water partition coefficient (Wildman–Crippen LogP) is 2.41. The van der Waals surface area contributed by atoms with E-state index in [0.29, 0.717) is 0 Å². The summed E-state index contributed by atoms with van der Waals surface area (Å²) in [5, 5.41) is 1.97. The lowest BCUT2D eigenvalue weighted by Gasteiger charge is -1.96. The molecule has 0 amide bonds. The number of rotatable bonds is 1. The first-order valence-corrected chi connectivity index (χ1v) is 4.88. The molecule has 2 heterocycles. The molecule has 0 aromatic carbocycles. The number of thiophene rings is 1. The molecule has 66 valence electrons. The first-order chi connectivity index (χ1) is 6.27. The SMILES string of the molecule is Cc1c[nH]c(=O)c(-c2cccs2)c1. The summed E-state index contributed by atoms with van der Waals surface area (Å²) in [5.41, 5.74) is 1.81. The quantitative estimate of drug-likeness (QED) is 0.737. The summed E-state index contributed by atoms with van der Waals surface area (Å²) in [4.78, 5) is 15.1. The lowest BCUT2D eigenvalue weighted by molar-refractivity contribution is 1.21. The van der Waals surface area contributed by atoms with Crippen LogP contribution in [0.15, 0.2) is 34.6 Å². The van der Waals surface area contributed by atoms with Gasteiger partial charge in [-0.2, -0.15) is 0 Å². The summed E-state index contributed by atoms with van der Waals surface area (Å²) in [5.74, 6) is 0. The van der Waals surface area contributed by atoms with E-state index in [0.717, 1.165) is 16.0 Å². The molecule has 0 aliphatic rings. The van der Waals surface area contributed by atoms with Crippen molar-refractivity contribution >= 4 is 11.3 Å². The Kier molecular flexibility index (Phi) is 2.02. The Morgan fingerprint density at radius 2 is 2.31 bits per heavy atom. The number of aromatic amines is 1. The molecule has 0 unspecified atom stereocenters. The van der Waals surface area contributed by atoms with E-state index in [9.17, 15) is 4.79 Å². The molecule has 2 rings (SSSR count). The van der Waals surface area contributed by atoms with E-state index in [1.54, 1.807) is 17.5 Å². The second-order valence-corrected chi connectivity index (χ2v) is 3.84. The zero-order chi connectivity index (χ0) is 9.26. The summed E-state index contributed by atoms with van der Waals surface area (Å²) in [6.45, 7) is 1.97. The van der Waals surface area contributed by atoms with Crippen LogP contribution in [0.25, 0.3) is 10.4 Å². The van der Waals surface area contributed by atoms with Gasteiger partial charge in [0.25, 0.3) is 5.56 Å². The summed E-state index contributed by atoms with van der Waals surface area (Å²) < 4.78 is 0. The summed E-state index contributed by atoms with van der Waals surface area (Å²) in [7, 11) is 0. The maximum absolute atomic E-state index is 11.4. The van der Waals surface area contributed by atoms with E-state index in [1.165, 1.54) is 0 Å². The van der Waals surface area contributed by atoms with Crippen LogP contribution in [-0.4, -0.2) is 4.98 Å². The van der Waals surface area contributed by atoms with Crippen LogP contribution in [0.2, 0.25) is 0 Å². The van der Waals surface area contributed by atoms with Crippen LogP contribution in [0.1, 0.15) is 5.56 Å². The third-order valence-corrected chi connectivity index (χ3v) is 2.74. The molecule has 0 saturated carbocycles. The zero-order valence-electron chi connectivity index (χ0n) is 7.20. The highest BCUT2D eigenvalue weighted by Gasteiger charge is 2.03. The van der Waals surface area contributed by atoms with Gasteiger partial charge in [0.05, 0.1) is 5.56 Å². The number of pyridine rings is 1. The molecule has 3 heteroatoms. The van der Waals surface area contributed by atoms with Crippen LogP contribution in [0, 0.1) is 6.92 Å².